The van der Waals surface area contributed by atoms with Gasteiger partial charge in [-0.05, 0) is 29.7 Å². The molecule has 1 aromatic carbocycles. The van der Waals surface area contributed by atoms with E-state index in [0.717, 1.165) is 16.5 Å². The highest BCUT2D eigenvalue weighted by Crippen LogP contribution is 2.30. The Bertz CT molecular complexity index is 451. The van der Waals surface area contributed by atoms with Crippen LogP contribution in [0.5, 0.6) is 0 Å². The second kappa shape index (κ2) is 4.52. The summed E-state index contributed by atoms with van der Waals surface area (Å²) in [5, 5.41) is 9.71. The monoisotopic (exact) mass is 280 g/mol. The van der Waals surface area contributed by atoms with E-state index in [-0.39, 0.29) is 5.78 Å². The van der Waals surface area contributed by atoms with Crippen LogP contribution in [0.1, 0.15) is 24.0 Å². The van der Waals surface area contributed by atoms with Crippen molar-refractivity contribution in [2.24, 2.45) is 0 Å². The fraction of sp³-hybridized carbons (Fsp3) is 0.308. The molecule has 1 aromatic rings. The molecule has 1 aliphatic carbocycles. The molecule has 84 valence electrons. The summed E-state index contributed by atoms with van der Waals surface area (Å²) in [6, 6.07) is 5.84. The van der Waals surface area contributed by atoms with Crippen LogP contribution < -0.4 is 0 Å². The summed E-state index contributed by atoms with van der Waals surface area (Å²) in [5.41, 5.74) is 2.07. The normalized spacial score (nSPS) is 24.1. The molecule has 0 bridgehead atoms. The second-order valence-corrected chi connectivity index (χ2v) is 4.79. The number of carbonyl (C=O) groups is 1. The number of aliphatic hydroxyl groups excluding tert-OH is 1. The van der Waals surface area contributed by atoms with Gasteiger partial charge in [-0.3, -0.25) is 4.79 Å². The quantitative estimate of drug-likeness (QED) is 0.904. The van der Waals surface area contributed by atoms with Crippen molar-refractivity contribution in [2.45, 2.75) is 25.4 Å². The molecule has 2 atom stereocenters. The van der Waals surface area contributed by atoms with Crippen molar-refractivity contribution in [2.75, 3.05) is 0 Å². The SMILES string of the molecule is CCc1ccc(C2C(=O)C=CC2O)cc1Br. The highest BCUT2D eigenvalue weighted by atomic mass is 79.9. The lowest BCUT2D eigenvalue weighted by atomic mass is 9.93. The number of benzene rings is 1. The molecule has 2 rings (SSSR count). The summed E-state index contributed by atoms with van der Waals surface area (Å²) >= 11 is 3.48. The molecule has 0 saturated carbocycles. The van der Waals surface area contributed by atoms with Crippen molar-refractivity contribution in [1.29, 1.82) is 0 Å². The smallest absolute Gasteiger partial charge is 0.165 e. The van der Waals surface area contributed by atoms with Crippen molar-refractivity contribution in [3.05, 3.63) is 46.0 Å². The molecule has 3 heteroatoms. The Labute approximate surface area is 103 Å². The van der Waals surface area contributed by atoms with E-state index in [9.17, 15) is 9.90 Å². The number of rotatable bonds is 2. The Morgan fingerprint density at radius 3 is 2.69 bits per heavy atom. The number of aryl methyl sites for hydroxylation is 1. The van der Waals surface area contributed by atoms with Gasteiger partial charge in [0.05, 0.1) is 12.0 Å². The topological polar surface area (TPSA) is 37.3 Å². The van der Waals surface area contributed by atoms with Crippen molar-refractivity contribution >= 4 is 21.7 Å². The largest absolute Gasteiger partial charge is 0.388 e. The molecule has 0 spiro atoms. The minimum atomic E-state index is -0.688. The molecular formula is C13H13BrO2. The Kier molecular flexibility index (Phi) is 3.26. The summed E-state index contributed by atoms with van der Waals surface area (Å²) in [7, 11) is 0. The molecule has 0 aliphatic heterocycles. The average Bonchev–Trinajstić information content (AvgIpc) is 2.58. The van der Waals surface area contributed by atoms with Crippen LogP contribution in [0.15, 0.2) is 34.8 Å². The molecule has 0 fully saturated rings. The maximum Gasteiger partial charge on any atom is 0.165 e. The number of ketones is 1. The molecule has 0 aromatic heterocycles. The van der Waals surface area contributed by atoms with Gasteiger partial charge in [0.25, 0.3) is 0 Å². The molecule has 2 unspecified atom stereocenters. The Balaban J connectivity index is 2.35. The number of aliphatic hydroxyl groups is 1. The molecule has 2 nitrogen and oxygen atoms in total. The molecule has 0 amide bonds. The van der Waals surface area contributed by atoms with Crippen molar-refractivity contribution in [1.82, 2.24) is 0 Å². The Morgan fingerprint density at radius 2 is 2.19 bits per heavy atom. The first-order chi connectivity index (χ1) is 7.63. The van der Waals surface area contributed by atoms with Crippen LogP contribution in [0.4, 0.5) is 0 Å². The summed E-state index contributed by atoms with van der Waals surface area (Å²) in [5.74, 6) is -0.453. The standard InChI is InChI=1S/C13H13BrO2/c1-2-8-3-4-9(7-10(8)14)13-11(15)5-6-12(13)16/h3-7,11,13,15H,2H2,1H3. The second-order valence-electron chi connectivity index (χ2n) is 3.93. The van der Waals surface area contributed by atoms with E-state index in [1.165, 1.54) is 11.6 Å². The molecular weight excluding hydrogens is 268 g/mol. The van der Waals surface area contributed by atoms with Gasteiger partial charge < -0.3 is 5.11 Å². The summed E-state index contributed by atoms with van der Waals surface area (Å²) < 4.78 is 0.999. The Hall–Kier alpha value is -0.930. The lowest BCUT2D eigenvalue weighted by Crippen LogP contribution is -2.17. The van der Waals surface area contributed by atoms with Crippen LogP contribution in [0.2, 0.25) is 0 Å². The van der Waals surface area contributed by atoms with Gasteiger partial charge in [-0.2, -0.15) is 0 Å². The number of hydrogen-bond donors (Lipinski definition) is 1. The first-order valence-corrected chi connectivity index (χ1v) is 6.11. The predicted molar refractivity (Wildman–Crippen MR) is 66.4 cm³/mol. The van der Waals surface area contributed by atoms with Gasteiger partial charge >= 0.3 is 0 Å². The zero-order valence-electron chi connectivity index (χ0n) is 8.98. The summed E-state index contributed by atoms with van der Waals surface area (Å²) in [6.07, 6.45) is 3.26. The van der Waals surface area contributed by atoms with E-state index >= 15 is 0 Å². The third-order valence-corrected chi connectivity index (χ3v) is 3.66. The number of allylic oxidation sites excluding steroid dienone is 1. The molecule has 16 heavy (non-hydrogen) atoms. The van der Waals surface area contributed by atoms with Crippen molar-refractivity contribution < 1.29 is 9.90 Å². The van der Waals surface area contributed by atoms with Gasteiger partial charge in [0, 0.05) is 4.47 Å². The zero-order chi connectivity index (χ0) is 11.7. The fourth-order valence-corrected chi connectivity index (χ4v) is 2.66. The molecule has 1 N–H and O–H groups in total. The first-order valence-electron chi connectivity index (χ1n) is 5.32. The minimum absolute atomic E-state index is 0.0244. The van der Waals surface area contributed by atoms with E-state index < -0.39 is 12.0 Å². The predicted octanol–water partition coefficient (Wildman–Crippen LogP) is 2.59. The third-order valence-electron chi connectivity index (χ3n) is 2.92. The highest BCUT2D eigenvalue weighted by Gasteiger charge is 2.30. The van der Waals surface area contributed by atoms with Crippen LogP contribution in [0.3, 0.4) is 0 Å². The van der Waals surface area contributed by atoms with Gasteiger partial charge in [0.1, 0.15) is 0 Å². The average molecular weight is 281 g/mol. The van der Waals surface area contributed by atoms with Crippen molar-refractivity contribution in [3.8, 4) is 0 Å². The molecule has 1 aliphatic rings. The Morgan fingerprint density at radius 1 is 1.44 bits per heavy atom. The molecule has 0 saturated heterocycles. The number of halogens is 1. The van der Waals surface area contributed by atoms with E-state index in [2.05, 4.69) is 22.9 Å². The number of carbonyl (C=O) groups excluding carboxylic acids is 1. The lowest BCUT2D eigenvalue weighted by molar-refractivity contribution is -0.116. The molecule has 0 heterocycles. The summed E-state index contributed by atoms with van der Waals surface area (Å²) in [4.78, 5) is 11.6. The van der Waals surface area contributed by atoms with Gasteiger partial charge in [0.15, 0.2) is 5.78 Å². The van der Waals surface area contributed by atoms with Crippen LogP contribution in [-0.4, -0.2) is 17.0 Å². The van der Waals surface area contributed by atoms with Gasteiger partial charge in [-0.25, -0.2) is 0 Å². The summed E-state index contributed by atoms with van der Waals surface area (Å²) in [6.45, 7) is 2.08. The maximum absolute atomic E-state index is 11.6. The maximum atomic E-state index is 11.6. The third kappa shape index (κ3) is 1.97. The van der Waals surface area contributed by atoms with E-state index in [1.807, 2.05) is 18.2 Å². The first kappa shape index (κ1) is 11.6. The van der Waals surface area contributed by atoms with Crippen LogP contribution >= 0.6 is 15.9 Å². The van der Waals surface area contributed by atoms with E-state index in [4.69, 9.17) is 0 Å². The van der Waals surface area contributed by atoms with Crippen molar-refractivity contribution in [3.63, 3.8) is 0 Å². The van der Waals surface area contributed by atoms with E-state index in [1.54, 1.807) is 6.08 Å². The van der Waals surface area contributed by atoms with Gasteiger partial charge in [0.2, 0.25) is 0 Å². The zero-order valence-corrected chi connectivity index (χ0v) is 10.6. The highest BCUT2D eigenvalue weighted by molar-refractivity contribution is 9.10. The van der Waals surface area contributed by atoms with Crippen LogP contribution in [-0.2, 0) is 11.2 Å². The minimum Gasteiger partial charge on any atom is -0.388 e. The fourth-order valence-electron chi connectivity index (χ4n) is 1.98. The van der Waals surface area contributed by atoms with Crippen LogP contribution in [0, 0.1) is 0 Å². The van der Waals surface area contributed by atoms with Crippen LogP contribution in [0.25, 0.3) is 0 Å². The number of hydrogen-bond acceptors (Lipinski definition) is 2. The van der Waals surface area contributed by atoms with Gasteiger partial charge in [-0.15, -0.1) is 0 Å². The molecule has 0 radical (unpaired) electrons. The van der Waals surface area contributed by atoms with Gasteiger partial charge in [-0.1, -0.05) is 41.1 Å². The lowest BCUT2D eigenvalue weighted by Gasteiger charge is -2.14. The van der Waals surface area contributed by atoms with E-state index in [0.29, 0.717) is 0 Å².